The fraction of sp³-hybridized carbons (Fsp3) is 1.00. The van der Waals surface area contributed by atoms with E-state index in [1.165, 1.54) is 70.0 Å². The molecule has 4 aliphatic rings. The number of hydrogen-bond acceptors (Lipinski definition) is 6. The van der Waals surface area contributed by atoms with Crippen molar-refractivity contribution in [1.29, 1.82) is 0 Å². The molecule has 0 aromatic carbocycles. The number of ether oxygens (including phenoxy) is 1. The summed E-state index contributed by atoms with van der Waals surface area (Å²) in [6, 6.07) is 3.00. The van der Waals surface area contributed by atoms with Crippen LogP contribution in [0.2, 0.25) is 0 Å². The highest BCUT2D eigenvalue weighted by molar-refractivity contribution is 7.99. The van der Waals surface area contributed by atoms with Crippen LogP contribution >= 0.6 is 11.8 Å². The van der Waals surface area contributed by atoms with E-state index in [0.29, 0.717) is 6.04 Å². The van der Waals surface area contributed by atoms with Gasteiger partial charge >= 0.3 is 0 Å². The molecular weight excluding hydrogens is 428 g/mol. The van der Waals surface area contributed by atoms with Gasteiger partial charge < -0.3 is 14.5 Å². The zero-order valence-electron chi connectivity index (χ0n) is 23.5. The van der Waals surface area contributed by atoms with E-state index in [-0.39, 0.29) is 0 Å². The smallest absolute Gasteiger partial charge is 0.0594 e. The van der Waals surface area contributed by atoms with Crippen molar-refractivity contribution in [3.8, 4) is 0 Å². The van der Waals surface area contributed by atoms with E-state index < -0.39 is 0 Å². The largest absolute Gasteiger partial charge is 0.379 e. The summed E-state index contributed by atoms with van der Waals surface area (Å²) in [6.07, 6.45) is 5.69. The number of thioether (sulfide) groups is 1. The third-order valence-corrected chi connectivity index (χ3v) is 8.01. The Morgan fingerprint density at radius 1 is 0.485 bits per heavy atom. The Hall–Kier alpha value is 0.150. The number of nitrogens with zero attached hydrogens (tertiary/aromatic N) is 4. The topological polar surface area (TPSA) is 22.2 Å². The van der Waals surface area contributed by atoms with Gasteiger partial charge in [0, 0.05) is 55.4 Å². The predicted molar refractivity (Wildman–Crippen MR) is 149 cm³/mol. The molecule has 0 radical (unpaired) electrons. The van der Waals surface area contributed by atoms with Gasteiger partial charge in [-0.3, -0.25) is 9.80 Å². The Labute approximate surface area is 211 Å². The van der Waals surface area contributed by atoms with E-state index in [2.05, 4.69) is 75.0 Å². The second-order valence-electron chi connectivity index (χ2n) is 10.9. The molecule has 0 N–H and O–H groups in total. The molecule has 0 aromatic rings. The molecule has 4 fully saturated rings. The molecule has 0 unspecified atom stereocenters. The maximum atomic E-state index is 5.21. The second kappa shape index (κ2) is 18.4. The first-order chi connectivity index (χ1) is 15.7. The van der Waals surface area contributed by atoms with Gasteiger partial charge in [-0.05, 0) is 101 Å². The molecule has 0 aliphatic carbocycles. The van der Waals surface area contributed by atoms with E-state index in [1.807, 2.05) is 11.8 Å². The van der Waals surface area contributed by atoms with Crippen LogP contribution in [0.4, 0.5) is 0 Å². The number of likely N-dealkylation sites (tertiary alicyclic amines) is 2. The molecule has 198 valence electrons. The van der Waals surface area contributed by atoms with Crippen molar-refractivity contribution in [2.45, 2.75) is 105 Å². The number of morpholine rings is 1. The lowest BCUT2D eigenvalue weighted by Crippen LogP contribution is -2.41. The highest BCUT2D eigenvalue weighted by Gasteiger charge is 2.16. The molecule has 0 saturated carbocycles. The molecule has 0 spiro atoms. The highest BCUT2D eigenvalue weighted by Crippen LogP contribution is 2.15. The fourth-order valence-electron chi connectivity index (χ4n) is 4.22. The summed E-state index contributed by atoms with van der Waals surface area (Å²) < 4.78 is 5.21. The van der Waals surface area contributed by atoms with Crippen molar-refractivity contribution in [3.05, 3.63) is 0 Å². The van der Waals surface area contributed by atoms with E-state index in [1.54, 1.807) is 0 Å². The molecule has 5 nitrogen and oxygen atoms in total. The molecule has 4 saturated heterocycles. The van der Waals surface area contributed by atoms with Crippen LogP contribution in [0.5, 0.6) is 0 Å². The zero-order chi connectivity index (χ0) is 24.6. The van der Waals surface area contributed by atoms with Crippen molar-refractivity contribution in [2.75, 3.05) is 70.7 Å². The van der Waals surface area contributed by atoms with E-state index in [4.69, 9.17) is 4.74 Å². The van der Waals surface area contributed by atoms with Crippen LogP contribution in [-0.2, 0) is 4.74 Å². The lowest BCUT2D eigenvalue weighted by atomic mass is 10.1. The van der Waals surface area contributed by atoms with Gasteiger partial charge in [0.05, 0.1) is 13.2 Å². The molecule has 4 rings (SSSR count). The normalized spacial score (nSPS) is 22.9. The highest BCUT2D eigenvalue weighted by atomic mass is 32.2. The first-order valence-electron chi connectivity index (χ1n) is 13.8. The summed E-state index contributed by atoms with van der Waals surface area (Å²) in [4.78, 5) is 9.96. The third kappa shape index (κ3) is 14.3. The van der Waals surface area contributed by atoms with Crippen molar-refractivity contribution in [1.82, 2.24) is 19.6 Å². The van der Waals surface area contributed by atoms with Gasteiger partial charge in [-0.15, -0.1) is 11.8 Å². The van der Waals surface area contributed by atoms with Crippen LogP contribution in [0.15, 0.2) is 0 Å². The quantitative estimate of drug-likeness (QED) is 0.547. The number of rotatable bonds is 4. The third-order valence-electron chi connectivity index (χ3n) is 7.03. The minimum atomic E-state index is 0.689. The second-order valence-corrected chi connectivity index (χ2v) is 11.9. The zero-order valence-corrected chi connectivity index (χ0v) is 24.3. The Balaban J connectivity index is 0.000000221. The van der Waals surface area contributed by atoms with Gasteiger partial charge in [-0.1, -0.05) is 6.42 Å². The summed E-state index contributed by atoms with van der Waals surface area (Å²) in [7, 11) is 0. The Kier molecular flexibility index (Phi) is 17.4. The van der Waals surface area contributed by atoms with Crippen LogP contribution in [0.3, 0.4) is 0 Å². The number of hydrogen-bond donors (Lipinski definition) is 0. The van der Waals surface area contributed by atoms with E-state index in [9.17, 15) is 0 Å². The lowest BCUT2D eigenvalue weighted by Gasteiger charge is -2.34. The minimum Gasteiger partial charge on any atom is -0.379 e. The van der Waals surface area contributed by atoms with Crippen LogP contribution in [0.25, 0.3) is 0 Å². The van der Waals surface area contributed by atoms with Crippen molar-refractivity contribution in [2.24, 2.45) is 0 Å². The van der Waals surface area contributed by atoms with Gasteiger partial charge in [-0.25, -0.2) is 0 Å². The van der Waals surface area contributed by atoms with Crippen molar-refractivity contribution < 1.29 is 4.74 Å². The molecule has 33 heavy (non-hydrogen) atoms. The molecule has 6 heteroatoms. The van der Waals surface area contributed by atoms with Crippen LogP contribution in [-0.4, -0.2) is 114 Å². The maximum Gasteiger partial charge on any atom is 0.0594 e. The molecule has 4 heterocycles. The molecular formula is C27H58N4OS. The van der Waals surface area contributed by atoms with Crippen LogP contribution in [0, 0.1) is 0 Å². The summed E-state index contributed by atoms with van der Waals surface area (Å²) in [5.41, 5.74) is 0. The van der Waals surface area contributed by atoms with Crippen LogP contribution in [0.1, 0.15) is 81.1 Å². The van der Waals surface area contributed by atoms with Gasteiger partial charge in [0.2, 0.25) is 0 Å². The average Bonchev–Trinajstić information content (AvgIpc) is 3.30. The van der Waals surface area contributed by atoms with Gasteiger partial charge in [0.15, 0.2) is 0 Å². The standard InChI is InChI=1S/C8H17N.C7H15NO.C6H13NS.C6H13N/c1-8(2)9-6-4-3-5-7-9;1-7(2)8-3-5-9-6-4-8;1-6(2)7-3-4-8-5-7;1-6(2)7-4-3-5-7/h8H,3-7H2,1-2H3;7H,3-6H2,1-2H3;6H,3-5H2,1-2H3;6H,3-5H2,1-2H3. The first-order valence-corrected chi connectivity index (χ1v) is 15.0. The molecule has 4 aliphatic heterocycles. The number of piperidine rings is 1. The summed E-state index contributed by atoms with van der Waals surface area (Å²) >= 11 is 2.04. The molecule has 0 atom stereocenters. The monoisotopic (exact) mass is 486 g/mol. The van der Waals surface area contributed by atoms with Crippen LogP contribution < -0.4 is 0 Å². The average molecular weight is 487 g/mol. The Morgan fingerprint density at radius 3 is 1.15 bits per heavy atom. The molecule has 0 aromatic heterocycles. The van der Waals surface area contributed by atoms with Gasteiger partial charge in [0.1, 0.15) is 0 Å². The van der Waals surface area contributed by atoms with Crippen molar-refractivity contribution >= 4 is 11.8 Å². The van der Waals surface area contributed by atoms with Crippen molar-refractivity contribution in [3.63, 3.8) is 0 Å². The summed E-state index contributed by atoms with van der Waals surface area (Å²) in [5, 5.41) is 0. The maximum absolute atomic E-state index is 5.21. The SMILES string of the molecule is CC(C)N1CCC1.CC(C)N1CCCCC1.CC(C)N1CCOCC1.CC(C)N1CCSC1. The molecule has 0 amide bonds. The predicted octanol–water partition coefficient (Wildman–Crippen LogP) is 5.11. The molecule has 0 bridgehead atoms. The van der Waals surface area contributed by atoms with Gasteiger partial charge in [0.25, 0.3) is 0 Å². The van der Waals surface area contributed by atoms with Gasteiger partial charge in [-0.2, -0.15) is 0 Å². The first kappa shape index (κ1) is 31.2. The van der Waals surface area contributed by atoms with E-state index >= 15 is 0 Å². The summed E-state index contributed by atoms with van der Waals surface area (Å²) in [6.45, 7) is 28.7. The Morgan fingerprint density at radius 2 is 0.909 bits per heavy atom. The Bertz CT molecular complexity index is 417. The summed E-state index contributed by atoms with van der Waals surface area (Å²) in [5.74, 6) is 2.58. The fourth-order valence-corrected chi connectivity index (χ4v) is 5.38. The van der Waals surface area contributed by atoms with E-state index in [0.717, 1.165) is 44.4 Å². The minimum absolute atomic E-state index is 0.689. The lowest BCUT2D eigenvalue weighted by molar-refractivity contribution is 0.0238.